The number of ether oxygens (including phenoxy) is 1. The molecule has 0 aliphatic carbocycles. The summed E-state index contributed by atoms with van der Waals surface area (Å²) in [4.78, 5) is 36.9. The van der Waals surface area contributed by atoms with Crippen LogP contribution < -0.4 is 14.4 Å². The van der Waals surface area contributed by atoms with E-state index in [1.165, 1.54) is 18.0 Å². The molecule has 2 aromatic rings. The summed E-state index contributed by atoms with van der Waals surface area (Å²) >= 11 is 12.1. The first kappa shape index (κ1) is 19.6. The number of likely N-dealkylation sites (N-methyl/N-ethyl adjacent to an activating group) is 1. The minimum Gasteiger partial charge on any atom is -0.483 e. The van der Waals surface area contributed by atoms with Crippen molar-refractivity contribution in [2.24, 2.45) is 0 Å². The Bertz CT molecular complexity index is 1060. The number of amides is 2. The second-order valence-electron chi connectivity index (χ2n) is 5.35. The first-order valence-corrected chi connectivity index (χ1v) is 10.3. The van der Waals surface area contributed by atoms with Gasteiger partial charge in [-0.15, -0.1) is 11.3 Å². The van der Waals surface area contributed by atoms with Crippen LogP contribution in [0.3, 0.4) is 0 Å². The van der Waals surface area contributed by atoms with Crippen molar-refractivity contribution in [1.82, 2.24) is 4.72 Å². The zero-order valence-electron chi connectivity index (χ0n) is 13.5. The number of halogens is 2. The first-order chi connectivity index (χ1) is 12.6. The molecule has 0 saturated carbocycles. The number of carbonyl (C=O) groups excluding carboxylic acids is 3. The van der Waals surface area contributed by atoms with E-state index in [1.54, 1.807) is 12.1 Å². The van der Waals surface area contributed by atoms with Crippen molar-refractivity contribution >= 4 is 67.8 Å². The predicted octanol–water partition coefficient (Wildman–Crippen LogP) is 2.10. The molecule has 142 valence electrons. The zero-order chi connectivity index (χ0) is 19.9. The highest BCUT2D eigenvalue weighted by molar-refractivity contribution is 7.92. The molecule has 0 spiro atoms. The van der Waals surface area contributed by atoms with Gasteiger partial charge in [0.2, 0.25) is 0 Å². The fourth-order valence-corrected chi connectivity index (χ4v) is 5.20. The summed E-state index contributed by atoms with van der Waals surface area (Å²) in [5, 5.41) is 0.0536. The molecule has 1 aromatic carbocycles. The second kappa shape index (κ2) is 7.12. The third-order valence-corrected chi connectivity index (χ3v) is 7.30. The third kappa shape index (κ3) is 3.65. The maximum Gasteiger partial charge on any atom is 0.299 e. The lowest BCUT2D eigenvalue weighted by Crippen LogP contribution is -2.34. The quantitative estimate of drug-likeness (QED) is 0.701. The molecule has 27 heavy (non-hydrogen) atoms. The molecule has 0 unspecified atom stereocenters. The summed E-state index contributed by atoms with van der Waals surface area (Å²) < 4.78 is 31.2. The molecule has 0 bridgehead atoms. The van der Waals surface area contributed by atoms with Crippen LogP contribution in [-0.2, 0) is 19.6 Å². The molecule has 0 atom stereocenters. The van der Waals surface area contributed by atoms with Gasteiger partial charge in [-0.3, -0.25) is 14.4 Å². The van der Waals surface area contributed by atoms with E-state index in [9.17, 15) is 22.8 Å². The molecule has 8 nitrogen and oxygen atoms in total. The number of hydrogen-bond donors (Lipinski definition) is 1. The highest BCUT2D eigenvalue weighted by Gasteiger charge is 2.36. The highest BCUT2D eigenvalue weighted by Crippen LogP contribution is 2.35. The number of sulfonamides is 1. The topological polar surface area (TPSA) is 110 Å². The van der Waals surface area contributed by atoms with Crippen molar-refractivity contribution in [3.63, 3.8) is 0 Å². The normalized spacial score (nSPS) is 13.7. The van der Waals surface area contributed by atoms with Crippen LogP contribution in [0.2, 0.25) is 9.36 Å². The van der Waals surface area contributed by atoms with E-state index in [0.29, 0.717) is 17.0 Å². The smallest absolute Gasteiger partial charge is 0.299 e. The Balaban J connectivity index is 1.73. The molecule has 2 heterocycles. The predicted molar refractivity (Wildman–Crippen MR) is 99.3 cm³/mol. The summed E-state index contributed by atoms with van der Waals surface area (Å²) in [6, 6.07) is 5.62. The average molecular weight is 449 g/mol. The van der Waals surface area contributed by atoms with Crippen LogP contribution in [0.25, 0.3) is 0 Å². The van der Waals surface area contributed by atoms with E-state index in [1.807, 2.05) is 4.72 Å². The lowest BCUT2D eigenvalue weighted by atomic mass is 10.1. The Morgan fingerprint density at radius 3 is 2.63 bits per heavy atom. The largest absolute Gasteiger partial charge is 0.483 e. The van der Waals surface area contributed by atoms with Crippen LogP contribution in [0, 0.1) is 0 Å². The highest BCUT2D eigenvalue weighted by atomic mass is 35.5. The Morgan fingerprint density at radius 1 is 1.30 bits per heavy atom. The number of hydrogen-bond acceptors (Lipinski definition) is 7. The van der Waals surface area contributed by atoms with Crippen LogP contribution in [0.15, 0.2) is 28.5 Å². The Hall–Kier alpha value is -2.14. The first-order valence-electron chi connectivity index (χ1n) is 7.20. The zero-order valence-corrected chi connectivity index (χ0v) is 16.6. The van der Waals surface area contributed by atoms with Gasteiger partial charge in [-0.1, -0.05) is 29.3 Å². The van der Waals surface area contributed by atoms with Crippen molar-refractivity contribution in [3.8, 4) is 5.75 Å². The van der Waals surface area contributed by atoms with E-state index < -0.39 is 34.2 Å². The molecule has 1 aromatic heterocycles. The summed E-state index contributed by atoms with van der Waals surface area (Å²) in [6.45, 7) is -0.687. The number of rotatable bonds is 5. The van der Waals surface area contributed by atoms with Crippen LogP contribution in [0.4, 0.5) is 5.69 Å². The maximum absolute atomic E-state index is 12.1. The summed E-state index contributed by atoms with van der Waals surface area (Å²) in [5.74, 6) is -2.46. The number of nitrogens with zero attached hydrogens (tertiary/aromatic N) is 1. The van der Waals surface area contributed by atoms with Gasteiger partial charge in [0, 0.05) is 7.05 Å². The number of benzene rings is 1. The molecule has 3 rings (SSSR count). The number of nitrogens with one attached hydrogen (secondary N) is 1. The molecule has 2 amide bonds. The van der Waals surface area contributed by atoms with Crippen molar-refractivity contribution in [2.75, 3.05) is 18.6 Å². The fourth-order valence-electron chi connectivity index (χ4n) is 2.35. The van der Waals surface area contributed by atoms with Gasteiger partial charge in [-0.2, -0.15) is 0 Å². The molecule has 12 heteroatoms. The van der Waals surface area contributed by atoms with Crippen LogP contribution in [-0.4, -0.2) is 39.7 Å². The molecule has 1 aliphatic rings. The molecule has 0 fully saturated rings. The minimum absolute atomic E-state index is 0.00459. The lowest BCUT2D eigenvalue weighted by molar-refractivity contribution is -0.121. The summed E-state index contributed by atoms with van der Waals surface area (Å²) in [6.07, 6.45) is 0. The number of ketones is 1. The number of Topliss-reactive ketones (excluding diaryl/α,β-unsaturated/α-hetero) is 1. The second-order valence-corrected chi connectivity index (χ2v) is 9.32. The SMILES string of the molecule is CN1C(=O)C(=O)c2c(OCC(=O)NS(=O)(=O)c3cc(Cl)c(Cl)s3)cccc21. The van der Waals surface area contributed by atoms with Gasteiger partial charge in [0.25, 0.3) is 27.6 Å². The van der Waals surface area contributed by atoms with Gasteiger partial charge >= 0.3 is 0 Å². The van der Waals surface area contributed by atoms with Crippen molar-refractivity contribution < 1.29 is 27.5 Å². The van der Waals surface area contributed by atoms with E-state index in [0.717, 1.165) is 6.07 Å². The standard InChI is InChI=1S/C15H10Cl2N2O6S2/c1-19-8-3-2-4-9(12(8)13(21)15(19)22)25-6-10(20)18-27(23,24)11-5-7(16)14(17)26-11/h2-5H,6H2,1H3,(H,18,20). The van der Waals surface area contributed by atoms with Crippen LogP contribution in [0.5, 0.6) is 5.75 Å². The van der Waals surface area contributed by atoms with Gasteiger partial charge in [0.15, 0.2) is 6.61 Å². The molecule has 1 aliphatic heterocycles. The summed E-state index contributed by atoms with van der Waals surface area (Å²) in [5.41, 5.74) is 0.371. The number of anilines is 1. The number of carbonyl (C=O) groups is 3. The Morgan fingerprint density at radius 2 is 2.00 bits per heavy atom. The number of thiophene rings is 1. The van der Waals surface area contributed by atoms with E-state index >= 15 is 0 Å². The summed E-state index contributed by atoms with van der Waals surface area (Å²) in [7, 11) is -2.73. The molecule has 1 N–H and O–H groups in total. The van der Waals surface area contributed by atoms with Crippen LogP contribution >= 0.6 is 34.5 Å². The van der Waals surface area contributed by atoms with E-state index in [2.05, 4.69) is 0 Å². The van der Waals surface area contributed by atoms with Gasteiger partial charge in [-0.25, -0.2) is 13.1 Å². The van der Waals surface area contributed by atoms with E-state index in [4.69, 9.17) is 27.9 Å². The van der Waals surface area contributed by atoms with Crippen molar-refractivity contribution in [3.05, 3.63) is 39.2 Å². The third-order valence-electron chi connectivity index (χ3n) is 3.59. The van der Waals surface area contributed by atoms with Gasteiger partial charge in [0.1, 0.15) is 14.3 Å². The molecule has 0 saturated heterocycles. The van der Waals surface area contributed by atoms with E-state index in [-0.39, 0.29) is 24.9 Å². The van der Waals surface area contributed by atoms with Gasteiger partial charge in [0.05, 0.1) is 16.3 Å². The Labute approximate surface area is 167 Å². The van der Waals surface area contributed by atoms with Gasteiger partial charge in [-0.05, 0) is 18.2 Å². The Kier molecular flexibility index (Phi) is 5.17. The molecular formula is C15H10Cl2N2O6S2. The van der Waals surface area contributed by atoms with Crippen molar-refractivity contribution in [2.45, 2.75) is 4.21 Å². The van der Waals surface area contributed by atoms with Crippen molar-refractivity contribution in [1.29, 1.82) is 0 Å². The number of fused-ring (bicyclic) bond motifs is 1. The fraction of sp³-hybridized carbons (Fsp3) is 0.133. The molecular weight excluding hydrogens is 439 g/mol. The maximum atomic E-state index is 12.1. The minimum atomic E-state index is -4.16. The van der Waals surface area contributed by atoms with Gasteiger partial charge < -0.3 is 9.64 Å². The molecule has 0 radical (unpaired) electrons. The van der Waals surface area contributed by atoms with Crippen LogP contribution in [0.1, 0.15) is 10.4 Å². The monoisotopic (exact) mass is 448 g/mol. The lowest BCUT2D eigenvalue weighted by Gasteiger charge is -2.11. The average Bonchev–Trinajstić information content (AvgIpc) is 3.06.